The van der Waals surface area contributed by atoms with Crippen LogP contribution in [-0.4, -0.2) is 238 Å². The molecular weight excluding hydrogens is 1140 g/mol. The molecule has 0 saturated carbocycles. The molecule has 0 aliphatic carbocycles. The van der Waals surface area contributed by atoms with Crippen LogP contribution in [0.2, 0.25) is 0 Å². The first-order chi connectivity index (χ1) is 41.8. The summed E-state index contributed by atoms with van der Waals surface area (Å²) < 4.78 is 11.5. The molecule has 28 nitrogen and oxygen atoms in total. The lowest BCUT2D eigenvalue weighted by atomic mass is 10.00. The molecule has 2 aromatic carbocycles. The summed E-state index contributed by atoms with van der Waals surface area (Å²) in [6, 6.07) is 5.88. The molecule has 472 valence electrons. The molecule has 6 N–H and O–H groups in total. The Morgan fingerprint density at radius 1 is 0.591 bits per heavy atom. The molecule has 4 aromatic rings. The number of likely N-dealkylation sites (N-methyl/N-ethyl adjacent to an activating group) is 4. The number of cyclic esters (lactones) is 2. The number of esters is 2. The molecule has 88 heavy (non-hydrogen) atoms. The summed E-state index contributed by atoms with van der Waals surface area (Å²) in [7, 11) is 5.16. The van der Waals surface area contributed by atoms with E-state index in [0.717, 1.165) is 19.6 Å². The molecule has 5 heterocycles. The van der Waals surface area contributed by atoms with E-state index in [-0.39, 0.29) is 31.3 Å². The number of hydrogen-bond donors (Lipinski definition) is 6. The van der Waals surface area contributed by atoms with Gasteiger partial charge < -0.3 is 70.4 Å². The van der Waals surface area contributed by atoms with Crippen molar-refractivity contribution in [3.8, 4) is 11.5 Å². The van der Waals surface area contributed by atoms with Crippen LogP contribution >= 0.6 is 0 Å². The van der Waals surface area contributed by atoms with E-state index < -0.39 is 181 Å². The Hall–Kier alpha value is -9.50. The van der Waals surface area contributed by atoms with Crippen molar-refractivity contribution >= 4 is 92.7 Å². The van der Waals surface area contributed by atoms with Crippen LogP contribution in [0.5, 0.6) is 11.5 Å². The van der Waals surface area contributed by atoms with Crippen LogP contribution < -0.4 is 21.3 Å². The Labute approximate surface area is 507 Å². The third-order valence-corrected chi connectivity index (χ3v) is 15.9. The predicted molar refractivity (Wildman–Crippen MR) is 314 cm³/mol. The quantitative estimate of drug-likeness (QED) is 0.139. The molecule has 0 radical (unpaired) electrons. The van der Waals surface area contributed by atoms with Gasteiger partial charge in [0.05, 0.1) is 31.7 Å². The summed E-state index contributed by atoms with van der Waals surface area (Å²) in [5, 5.41) is 33.5. The van der Waals surface area contributed by atoms with Crippen LogP contribution in [0.15, 0.2) is 60.8 Å². The maximum atomic E-state index is 14.8. The van der Waals surface area contributed by atoms with Gasteiger partial charge in [0.25, 0.3) is 11.8 Å². The topological polar surface area (TPSA) is 357 Å². The smallest absolute Gasteiger partial charge is 0.329 e. The molecule has 10 amide bonds. The molecule has 3 aliphatic rings. The lowest BCUT2D eigenvalue weighted by Gasteiger charge is -2.37. The number of pyridine rings is 2. The number of para-hydroxylation sites is 1. The van der Waals surface area contributed by atoms with Crippen LogP contribution in [0.4, 0.5) is 0 Å². The van der Waals surface area contributed by atoms with Gasteiger partial charge in [-0.1, -0.05) is 70.2 Å². The van der Waals surface area contributed by atoms with Gasteiger partial charge in [-0.25, -0.2) is 19.6 Å². The fourth-order valence-corrected chi connectivity index (χ4v) is 10.9. The fourth-order valence-electron chi connectivity index (χ4n) is 10.9. The largest absolute Gasteiger partial charge is 0.505 e. The van der Waals surface area contributed by atoms with Crippen LogP contribution in [0.1, 0.15) is 87.2 Å². The maximum Gasteiger partial charge on any atom is 0.329 e. The minimum atomic E-state index is -1.72. The van der Waals surface area contributed by atoms with Crippen molar-refractivity contribution in [1.82, 2.24) is 60.6 Å². The van der Waals surface area contributed by atoms with Gasteiger partial charge in [0.15, 0.2) is 17.1 Å². The molecule has 0 bridgehead atoms. The van der Waals surface area contributed by atoms with Crippen molar-refractivity contribution in [2.75, 3.05) is 80.7 Å². The monoisotopic (exact) mass is 1220 g/mol. The van der Waals surface area contributed by atoms with Crippen LogP contribution in [0.3, 0.4) is 0 Å². The average molecular weight is 1220 g/mol. The van der Waals surface area contributed by atoms with Gasteiger partial charge in [-0.3, -0.25) is 47.9 Å². The first-order valence-electron chi connectivity index (χ1n) is 29.1. The standard InChI is InChI=1S/C60H76N12O16/c1-33(2)50-59(85)87-31-39(65-55(81)48-43(73)25-35-17-10-12-20-38(35)64-48)57(83)71-23-15-13-21-41(71)53(79)62-27-44(74)68(6)30-47(77)70(8)51(34(3)4)60(86)88-32-40(66-56(82)49-52(78)37-19-11-9-18-36(37)26-61-49)58(84)72-24-16-14-22-42(72)54(80)63-28-45(75)67(5)29-46(76)69(50)7/h9-12,17-20,25-26,33-34,39-42,50-51,73,78H,13-16,21-24,27-32H2,1-8H3,(H,62,79)(H,63,80)(H,65,81)(H,66,82). The number of nitrogens with one attached hydrogen (secondary N) is 4. The molecule has 28 heteroatoms. The van der Waals surface area contributed by atoms with Gasteiger partial charge in [0.2, 0.25) is 47.3 Å². The van der Waals surface area contributed by atoms with Crippen molar-refractivity contribution in [2.45, 2.75) is 102 Å². The van der Waals surface area contributed by atoms with Gasteiger partial charge in [-0.15, -0.1) is 0 Å². The van der Waals surface area contributed by atoms with E-state index in [0.29, 0.717) is 42.0 Å². The van der Waals surface area contributed by atoms with Crippen LogP contribution in [-0.2, 0) is 57.4 Å². The van der Waals surface area contributed by atoms with Crippen molar-refractivity contribution in [2.24, 2.45) is 11.8 Å². The number of nitrogens with zero attached hydrogens (tertiary/aromatic N) is 8. The second-order valence-corrected chi connectivity index (χ2v) is 22.8. The highest BCUT2D eigenvalue weighted by Crippen LogP contribution is 2.28. The van der Waals surface area contributed by atoms with Gasteiger partial charge >= 0.3 is 11.9 Å². The summed E-state index contributed by atoms with van der Waals surface area (Å²) >= 11 is 0. The molecule has 0 spiro atoms. The predicted octanol–water partition coefficient (Wildman–Crippen LogP) is 0.0686. The van der Waals surface area contributed by atoms with E-state index in [1.165, 1.54) is 50.3 Å². The number of carbonyl (C=O) groups is 12. The minimum Gasteiger partial charge on any atom is -0.505 e. The van der Waals surface area contributed by atoms with Gasteiger partial charge in [0.1, 0.15) is 55.2 Å². The highest BCUT2D eigenvalue weighted by Gasteiger charge is 2.42. The Morgan fingerprint density at radius 2 is 1.03 bits per heavy atom. The third-order valence-electron chi connectivity index (χ3n) is 15.9. The van der Waals surface area contributed by atoms with E-state index in [1.54, 1.807) is 76.2 Å². The first-order valence-corrected chi connectivity index (χ1v) is 29.1. The first kappa shape index (κ1) is 66.0. The van der Waals surface area contributed by atoms with Gasteiger partial charge in [0, 0.05) is 63.6 Å². The Balaban J connectivity index is 1.17. The number of aromatic hydroxyl groups is 2. The number of rotatable bonds is 6. The van der Waals surface area contributed by atoms with Crippen molar-refractivity contribution in [3.05, 3.63) is 72.2 Å². The second kappa shape index (κ2) is 29.3. The molecular formula is C60H76N12O16. The van der Waals surface area contributed by atoms with Gasteiger partial charge in [-0.05, 0) is 62.5 Å². The summed E-state index contributed by atoms with van der Waals surface area (Å²) in [5.74, 6) is -12.8. The molecule has 7 rings (SSSR count). The Kier molecular flexibility index (Phi) is 22.0. The van der Waals surface area contributed by atoms with E-state index in [4.69, 9.17) is 9.47 Å². The van der Waals surface area contributed by atoms with Crippen LogP contribution in [0, 0.1) is 11.8 Å². The lowest BCUT2D eigenvalue weighted by molar-refractivity contribution is -0.159. The summed E-state index contributed by atoms with van der Waals surface area (Å²) in [6.45, 7) is 2.16. The molecule has 3 aliphatic heterocycles. The minimum absolute atomic E-state index is 0.0232. The normalized spacial score (nSPS) is 23.0. The number of benzene rings is 2. The van der Waals surface area contributed by atoms with Crippen molar-refractivity contribution in [3.63, 3.8) is 0 Å². The number of amides is 10. The SMILES string of the molecule is CC(C)C1C(=O)OCC(NC(=O)c2ncc3ccccc3c2O)C(=O)N2CCCCC2C(=O)NCC(=O)N(C)CC(=O)N(C)C(C(C)C)C(=O)OCC(NC(=O)c2nc3ccccc3cc2O)C(=O)N2CCCCC2C(=O)NCC(=O)N(C)CC(=O)N1C. The third kappa shape index (κ3) is 15.5. The molecule has 3 saturated heterocycles. The van der Waals surface area contributed by atoms with Gasteiger partial charge in [-0.2, -0.15) is 0 Å². The zero-order valence-corrected chi connectivity index (χ0v) is 50.5. The number of carbonyl (C=O) groups excluding carboxylic acids is 12. The number of ether oxygens (including phenoxy) is 2. The fraction of sp³-hybridized carbons (Fsp3) is 0.500. The lowest BCUT2D eigenvalue weighted by Crippen LogP contribution is -2.59. The van der Waals surface area contributed by atoms with E-state index in [9.17, 15) is 67.7 Å². The summed E-state index contributed by atoms with van der Waals surface area (Å²) in [5.41, 5.74) is -0.612. The van der Waals surface area contributed by atoms with E-state index in [2.05, 4.69) is 31.2 Å². The van der Waals surface area contributed by atoms with E-state index in [1.807, 2.05) is 0 Å². The van der Waals surface area contributed by atoms with Crippen LogP contribution in [0.25, 0.3) is 21.7 Å². The highest BCUT2D eigenvalue weighted by molar-refractivity contribution is 6.04. The summed E-state index contributed by atoms with van der Waals surface area (Å²) in [6.07, 6.45) is 3.26. The molecule has 6 atom stereocenters. The molecule has 2 aromatic heterocycles. The summed E-state index contributed by atoms with van der Waals surface area (Å²) in [4.78, 5) is 184. The number of aromatic nitrogens is 2. The zero-order valence-electron chi connectivity index (χ0n) is 50.5. The maximum absolute atomic E-state index is 14.8. The van der Waals surface area contributed by atoms with Crippen molar-refractivity contribution in [1.29, 1.82) is 0 Å². The molecule has 6 unspecified atom stereocenters. The number of piperidine rings is 2. The average Bonchev–Trinajstić information content (AvgIpc) is 1.83. The second-order valence-electron chi connectivity index (χ2n) is 22.8. The highest BCUT2D eigenvalue weighted by atomic mass is 16.5. The number of fused-ring (bicyclic) bond motifs is 4. The van der Waals surface area contributed by atoms with E-state index >= 15 is 0 Å². The number of hydrogen-bond acceptors (Lipinski definition) is 18. The van der Waals surface area contributed by atoms with Crippen molar-refractivity contribution < 1.29 is 77.2 Å². The zero-order chi connectivity index (χ0) is 64.3. The molecule has 3 fully saturated rings. The Bertz CT molecular complexity index is 3220. The Morgan fingerprint density at radius 3 is 1.51 bits per heavy atom.